The van der Waals surface area contributed by atoms with Crippen molar-refractivity contribution in [2.24, 2.45) is 10.9 Å². The van der Waals surface area contributed by atoms with Gasteiger partial charge in [0.05, 0.1) is 29.4 Å². The molecule has 0 aromatic rings. The third-order valence-corrected chi connectivity index (χ3v) is 3.84. The van der Waals surface area contributed by atoms with Crippen LogP contribution in [0.25, 0.3) is 0 Å². The molecule has 2 saturated heterocycles. The predicted molar refractivity (Wildman–Crippen MR) is 57.8 cm³/mol. The van der Waals surface area contributed by atoms with E-state index in [9.17, 15) is 0 Å². The highest BCUT2D eigenvalue weighted by Crippen LogP contribution is 2.41. The summed E-state index contributed by atoms with van der Waals surface area (Å²) in [4.78, 5) is 6.84. The molecule has 4 nitrogen and oxygen atoms in total. The van der Waals surface area contributed by atoms with Crippen LogP contribution in [0.4, 0.5) is 0 Å². The van der Waals surface area contributed by atoms with Crippen molar-refractivity contribution in [1.29, 1.82) is 0 Å². The van der Waals surface area contributed by atoms with Gasteiger partial charge in [-0.05, 0) is 13.0 Å². The standard InChI is InChI=1S/C8H12IN3O/c9-11-7-10-4-8(13-7)5-12-2-1-6(8)3-12/h6H,1-5H2,(H,10,11)/t6-,8+/m0/s1. The highest BCUT2D eigenvalue weighted by Gasteiger charge is 2.54. The molecule has 1 spiro atoms. The van der Waals surface area contributed by atoms with Gasteiger partial charge in [0.1, 0.15) is 5.60 Å². The summed E-state index contributed by atoms with van der Waals surface area (Å²) in [5, 5.41) is 0. The summed E-state index contributed by atoms with van der Waals surface area (Å²) in [6.07, 6.45) is 1.28. The summed E-state index contributed by atoms with van der Waals surface area (Å²) in [7, 11) is 0. The van der Waals surface area contributed by atoms with Crippen molar-refractivity contribution in [3.63, 3.8) is 0 Å². The fourth-order valence-corrected chi connectivity index (χ4v) is 3.00. The van der Waals surface area contributed by atoms with Crippen molar-refractivity contribution in [3.05, 3.63) is 0 Å². The maximum atomic E-state index is 5.88. The van der Waals surface area contributed by atoms with E-state index in [0.717, 1.165) is 13.1 Å². The lowest BCUT2D eigenvalue weighted by molar-refractivity contribution is 0.0345. The molecule has 3 aliphatic heterocycles. The summed E-state index contributed by atoms with van der Waals surface area (Å²) in [5.41, 5.74) is 0.0335. The van der Waals surface area contributed by atoms with Crippen molar-refractivity contribution in [2.45, 2.75) is 12.0 Å². The number of amidine groups is 1. The number of nitrogens with one attached hydrogen (secondary N) is 1. The topological polar surface area (TPSA) is 36.9 Å². The molecule has 3 rings (SSSR count). The van der Waals surface area contributed by atoms with E-state index in [1.165, 1.54) is 19.5 Å². The molecule has 0 aromatic carbocycles. The van der Waals surface area contributed by atoms with Crippen molar-refractivity contribution >= 4 is 28.9 Å². The lowest BCUT2D eigenvalue weighted by atomic mass is 9.88. The molecule has 2 fully saturated rings. The Kier molecular flexibility index (Phi) is 1.74. The van der Waals surface area contributed by atoms with Gasteiger partial charge in [0.15, 0.2) is 0 Å². The Balaban J connectivity index is 1.79. The zero-order chi connectivity index (χ0) is 8.89. The van der Waals surface area contributed by atoms with E-state index in [1.807, 2.05) is 0 Å². The second kappa shape index (κ2) is 2.73. The monoisotopic (exact) mass is 293 g/mol. The number of rotatable bonds is 0. The molecule has 5 heteroatoms. The minimum absolute atomic E-state index is 0.0335. The molecule has 0 unspecified atom stereocenters. The van der Waals surface area contributed by atoms with Crippen molar-refractivity contribution in [3.8, 4) is 0 Å². The number of piperidine rings is 1. The minimum Gasteiger partial charge on any atom is -0.454 e. The quantitative estimate of drug-likeness (QED) is 0.518. The van der Waals surface area contributed by atoms with Crippen LogP contribution in [-0.4, -0.2) is 42.7 Å². The Bertz CT molecular complexity index is 270. The number of halogens is 1. The van der Waals surface area contributed by atoms with Crippen LogP contribution in [0.1, 0.15) is 6.42 Å². The van der Waals surface area contributed by atoms with E-state index in [0.29, 0.717) is 11.9 Å². The van der Waals surface area contributed by atoms with Crippen molar-refractivity contribution < 1.29 is 4.74 Å². The number of ether oxygens (including phenoxy) is 1. The van der Waals surface area contributed by atoms with Gasteiger partial charge < -0.3 is 4.74 Å². The Morgan fingerprint density at radius 2 is 2.62 bits per heavy atom. The van der Waals surface area contributed by atoms with Gasteiger partial charge in [-0.1, -0.05) is 0 Å². The molecule has 0 amide bonds. The summed E-state index contributed by atoms with van der Waals surface area (Å²) in [6.45, 7) is 4.38. The number of hydrogen-bond donors (Lipinski definition) is 1. The van der Waals surface area contributed by atoms with Gasteiger partial charge in [-0.15, -0.1) is 0 Å². The number of aliphatic imine (C=N–C) groups is 1. The van der Waals surface area contributed by atoms with Gasteiger partial charge in [-0.25, -0.2) is 4.99 Å². The average molecular weight is 293 g/mol. The maximum Gasteiger partial charge on any atom is 0.294 e. The van der Waals surface area contributed by atoms with Crippen LogP contribution in [0.15, 0.2) is 4.99 Å². The molecule has 0 radical (unpaired) electrons. The number of nitrogens with zero attached hydrogens (tertiary/aromatic N) is 2. The molecular formula is C8H12IN3O. The van der Waals surface area contributed by atoms with E-state index in [1.54, 1.807) is 0 Å². The predicted octanol–water partition coefficient (Wildman–Crippen LogP) is 0.387. The summed E-state index contributed by atoms with van der Waals surface area (Å²) in [6, 6.07) is 0.717. The van der Waals surface area contributed by atoms with Crippen LogP contribution >= 0.6 is 22.9 Å². The first-order valence-corrected chi connectivity index (χ1v) is 5.73. The average Bonchev–Trinajstić information content (AvgIpc) is 2.80. The molecule has 1 N–H and O–H groups in total. The van der Waals surface area contributed by atoms with Gasteiger partial charge in [-0.3, -0.25) is 8.43 Å². The molecule has 2 bridgehead atoms. The second-order valence-corrected chi connectivity index (χ2v) is 4.64. The van der Waals surface area contributed by atoms with E-state index < -0.39 is 0 Å². The summed E-state index contributed by atoms with van der Waals surface area (Å²) < 4.78 is 8.84. The van der Waals surface area contributed by atoms with Gasteiger partial charge >= 0.3 is 0 Å². The van der Waals surface area contributed by atoms with Crippen LogP contribution in [0.3, 0.4) is 0 Å². The van der Waals surface area contributed by atoms with Crippen LogP contribution in [0.2, 0.25) is 0 Å². The van der Waals surface area contributed by atoms with E-state index in [4.69, 9.17) is 4.74 Å². The molecule has 13 heavy (non-hydrogen) atoms. The largest absolute Gasteiger partial charge is 0.454 e. The fraction of sp³-hybridized carbons (Fsp3) is 0.875. The number of hydrogen-bond acceptors (Lipinski definition) is 4. The van der Waals surface area contributed by atoms with Gasteiger partial charge in [-0.2, -0.15) is 0 Å². The van der Waals surface area contributed by atoms with E-state index in [-0.39, 0.29) is 5.60 Å². The van der Waals surface area contributed by atoms with Crippen LogP contribution in [-0.2, 0) is 4.74 Å². The highest BCUT2D eigenvalue weighted by molar-refractivity contribution is 14.1. The Morgan fingerprint density at radius 1 is 1.69 bits per heavy atom. The van der Waals surface area contributed by atoms with Crippen LogP contribution in [0, 0.1) is 5.92 Å². The molecule has 3 atom stereocenters. The zero-order valence-corrected chi connectivity index (χ0v) is 9.45. The minimum atomic E-state index is 0.0335. The van der Waals surface area contributed by atoms with Gasteiger partial charge in [0.25, 0.3) is 6.02 Å². The maximum absolute atomic E-state index is 5.88. The summed E-state index contributed by atoms with van der Waals surface area (Å²) in [5.74, 6) is 0.707. The molecule has 3 aliphatic rings. The van der Waals surface area contributed by atoms with E-state index >= 15 is 0 Å². The van der Waals surface area contributed by atoms with E-state index in [2.05, 4.69) is 36.3 Å². The van der Waals surface area contributed by atoms with Gasteiger partial charge in [0.2, 0.25) is 0 Å². The third kappa shape index (κ3) is 1.09. The lowest BCUT2D eigenvalue weighted by Crippen LogP contribution is -2.46. The first kappa shape index (κ1) is 8.28. The van der Waals surface area contributed by atoms with Crippen molar-refractivity contribution in [1.82, 2.24) is 8.43 Å². The first-order valence-electron chi connectivity index (χ1n) is 4.65. The molecule has 3 heterocycles. The molecule has 0 aliphatic carbocycles. The highest BCUT2D eigenvalue weighted by atomic mass is 127. The molecule has 0 saturated carbocycles. The third-order valence-electron chi connectivity index (χ3n) is 3.38. The second-order valence-electron chi connectivity index (χ2n) is 4.10. The molecule has 72 valence electrons. The Morgan fingerprint density at radius 3 is 3.15 bits per heavy atom. The summed E-state index contributed by atoms with van der Waals surface area (Å²) >= 11 is 2.07. The molecular weight excluding hydrogens is 281 g/mol. The van der Waals surface area contributed by atoms with Crippen LogP contribution in [0.5, 0.6) is 0 Å². The Labute approximate surface area is 91.2 Å². The Hall–Kier alpha value is -0.0400. The zero-order valence-electron chi connectivity index (χ0n) is 7.29. The number of fused-ring (bicyclic) bond motifs is 3. The van der Waals surface area contributed by atoms with Crippen molar-refractivity contribution in [2.75, 3.05) is 26.2 Å². The first-order chi connectivity index (χ1) is 6.32. The lowest BCUT2D eigenvalue weighted by Gasteiger charge is -2.31. The van der Waals surface area contributed by atoms with Gasteiger partial charge in [0, 0.05) is 19.0 Å². The SMILES string of the molecule is INC1=NC[C@]2(C[N@]3CC[C@H]2C3)O1. The normalized spacial score (nSPS) is 46.7. The molecule has 0 aromatic heterocycles. The fourth-order valence-electron chi connectivity index (χ4n) is 2.72. The van der Waals surface area contributed by atoms with Crippen LogP contribution < -0.4 is 3.53 Å². The smallest absolute Gasteiger partial charge is 0.294 e.